The summed E-state index contributed by atoms with van der Waals surface area (Å²) in [5.74, 6) is 3.84. The van der Waals surface area contributed by atoms with E-state index in [4.69, 9.17) is 0 Å². The minimum Gasteiger partial charge on any atom is -0.362 e. The molecule has 1 unspecified atom stereocenters. The van der Waals surface area contributed by atoms with Gasteiger partial charge in [-0.05, 0) is 30.5 Å². The number of hydrogen-bond acceptors (Lipinski definition) is 4. The van der Waals surface area contributed by atoms with Crippen LogP contribution in [0.1, 0.15) is 12.0 Å². The monoisotopic (exact) mass is 511 g/mol. The van der Waals surface area contributed by atoms with E-state index in [1.54, 1.807) is 0 Å². The molecule has 1 saturated heterocycles. The Bertz CT molecular complexity index is 753. The van der Waals surface area contributed by atoms with Crippen LogP contribution in [0.5, 0.6) is 0 Å². The molecule has 152 valence electrons. The van der Waals surface area contributed by atoms with Crippen LogP contribution in [0.3, 0.4) is 0 Å². The number of guanidine groups is 1. The number of halogens is 1. The summed E-state index contributed by atoms with van der Waals surface area (Å²) in [5, 5.41) is 3.52. The molecule has 1 aliphatic rings. The lowest BCUT2D eigenvalue weighted by molar-refractivity contribution is 0.474. The van der Waals surface area contributed by atoms with Crippen molar-refractivity contribution in [2.75, 3.05) is 44.9 Å². The van der Waals surface area contributed by atoms with E-state index in [1.165, 1.54) is 16.9 Å². The highest BCUT2D eigenvalue weighted by Gasteiger charge is 2.25. The van der Waals surface area contributed by atoms with E-state index in [2.05, 4.69) is 56.6 Å². The minimum atomic E-state index is 0. The molecule has 0 radical (unpaired) electrons. The SMILES string of the molecule is CN=C(NCc1cccnc1N(C)C)N1CCC(CSc2ccccc2)C1.I. The molecule has 0 spiro atoms. The van der Waals surface area contributed by atoms with Gasteiger partial charge in [0.2, 0.25) is 0 Å². The minimum absolute atomic E-state index is 0. The van der Waals surface area contributed by atoms with E-state index < -0.39 is 0 Å². The number of aromatic nitrogens is 1. The number of benzene rings is 1. The standard InChI is InChI=1S/C21H29N5S.HI/c1-22-21(24-14-18-8-7-12-23-20(18)25(2)3)26-13-11-17(15-26)16-27-19-9-5-4-6-10-19;/h4-10,12,17H,11,13-16H2,1-3H3,(H,22,24);1H. The van der Waals surface area contributed by atoms with Crippen LogP contribution in [0, 0.1) is 5.92 Å². The van der Waals surface area contributed by atoms with Gasteiger partial charge in [0.1, 0.15) is 5.82 Å². The van der Waals surface area contributed by atoms with Gasteiger partial charge < -0.3 is 15.1 Å². The molecule has 0 bridgehead atoms. The Hall–Kier alpha value is -1.48. The first-order chi connectivity index (χ1) is 13.2. The topological polar surface area (TPSA) is 43.8 Å². The van der Waals surface area contributed by atoms with Crippen LogP contribution in [0.15, 0.2) is 58.5 Å². The number of hydrogen-bond donors (Lipinski definition) is 1. The third kappa shape index (κ3) is 6.27. The Kier molecular flexibility index (Phi) is 9.37. The van der Waals surface area contributed by atoms with E-state index in [-0.39, 0.29) is 24.0 Å². The zero-order chi connectivity index (χ0) is 19.1. The molecule has 1 N–H and O–H groups in total. The summed E-state index contributed by atoms with van der Waals surface area (Å²) in [6, 6.07) is 14.8. The number of nitrogens with one attached hydrogen (secondary N) is 1. The lowest BCUT2D eigenvalue weighted by Gasteiger charge is -2.23. The molecule has 3 rings (SSSR count). The Morgan fingerprint density at radius 1 is 1.25 bits per heavy atom. The summed E-state index contributed by atoms with van der Waals surface area (Å²) in [6.45, 7) is 2.86. The molecule has 1 aliphatic heterocycles. The van der Waals surface area contributed by atoms with Crippen molar-refractivity contribution >= 4 is 47.5 Å². The average Bonchev–Trinajstić information content (AvgIpc) is 3.17. The lowest BCUT2D eigenvalue weighted by Crippen LogP contribution is -2.40. The van der Waals surface area contributed by atoms with Gasteiger partial charge in [-0.2, -0.15) is 0 Å². The van der Waals surface area contributed by atoms with Crippen molar-refractivity contribution < 1.29 is 0 Å². The Labute approximate surface area is 190 Å². The molecule has 2 aromatic rings. The van der Waals surface area contributed by atoms with E-state index in [0.29, 0.717) is 5.92 Å². The third-order valence-corrected chi connectivity index (χ3v) is 6.00. The van der Waals surface area contributed by atoms with E-state index in [1.807, 2.05) is 50.1 Å². The smallest absolute Gasteiger partial charge is 0.193 e. The maximum Gasteiger partial charge on any atom is 0.193 e. The molecule has 1 atom stereocenters. The molecule has 1 fully saturated rings. The van der Waals surface area contributed by atoms with Crippen LogP contribution in [0.2, 0.25) is 0 Å². The summed E-state index contributed by atoms with van der Waals surface area (Å²) in [6.07, 6.45) is 3.06. The van der Waals surface area contributed by atoms with Gasteiger partial charge >= 0.3 is 0 Å². The van der Waals surface area contributed by atoms with E-state index in [0.717, 1.165) is 37.2 Å². The van der Waals surface area contributed by atoms with Crippen molar-refractivity contribution in [1.29, 1.82) is 0 Å². The van der Waals surface area contributed by atoms with Gasteiger partial charge in [-0.25, -0.2) is 4.98 Å². The number of rotatable bonds is 6. The highest BCUT2D eigenvalue weighted by Crippen LogP contribution is 2.26. The van der Waals surface area contributed by atoms with Gasteiger partial charge in [0, 0.05) is 63.2 Å². The fraction of sp³-hybridized carbons (Fsp3) is 0.429. The molecule has 7 heteroatoms. The van der Waals surface area contributed by atoms with E-state index in [9.17, 15) is 0 Å². The Balaban J connectivity index is 0.00000280. The second-order valence-corrected chi connectivity index (χ2v) is 8.10. The summed E-state index contributed by atoms with van der Waals surface area (Å²) < 4.78 is 0. The van der Waals surface area contributed by atoms with Gasteiger partial charge in [-0.15, -0.1) is 35.7 Å². The molecule has 5 nitrogen and oxygen atoms in total. The molecule has 1 aromatic heterocycles. The third-order valence-electron chi connectivity index (χ3n) is 4.75. The molecular formula is C21H30IN5S. The summed E-state index contributed by atoms with van der Waals surface area (Å²) >= 11 is 1.95. The summed E-state index contributed by atoms with van der Waals surface area (Å²) in [5.41, 5.74) is 1.18. The van der Waals surface area contributed by atoms with Gasteiger partial charge in [-0.3, -0.25) is 4.99 Å². The first-order valence-electron chi connectivity index (χ1n) is 9.42. The molecule has 0 aliphatic carbocycles. The molecule has 28 heavy (non-hydrogen) atoms. The zero-order valence-electron chi connectivity index (χ0n) is 16.8. The number of nitrogens with zero attached hydrogens (tertiary/aromatic N) is 4. The number of anilines is 1. The van der Waals surface area contributed by atoms with Crippen LogP contribution in [0.25, 0.3) is 0 Å². The highest BCUT2D eigenvalue weighted by molar-refractivity contribution is 14.0. The fourth-order valence-electron chi connectivity index (χ4n) is 3.37. The van der Waals surface area contributed by atoms with Crippen LogP contribution in [0.4, 0.5) is 5.82 Å². The lowest BCUT2D eigenvalue weighted by atomic mass is 10.2. The Morgan fingerprint density at radius 3 is 2.75 bits per heavy atom. The van der Waals surface area contributed by atoms with Crippen LogP contribution < -0.4 is 10.2 Å². The van der Waals surface area contributed by atoms with Crippen molar-refractivity contribution in [1.82, 2.24) is 15.2 Å². The second kappa shape index (κ2) is 11.5. The van der Waals surface area contributed by atoms with Gasteiger partial charge in [-0.1, -0.05) is 24.3 Å². The molecule has 0 saturated carbocycles. The highest BCUT2D eigenvalue weighted by atomic mass is 127. The van der Waals surface area contributed by atoms with Gasteiger partial charge in [0.25, 0.3) is 0 Å². The average molecular weight is 511 g/mol. The number of aliphatic imine (C=N–C) groups is 1. The largest absolute Gasteiger partial charge is 0.362 e. The zero-order valence-corrected chi connectivity index (χ0v) is 20.0. The number of likely N-dealkylation sites (tertiary alicyclic amines) is 1. The van der Waals surface area contributed by atoms with Gasteiger partial charge in [0.15, 0.2) is 5.96 Å². The van der Waals surface area contributed by atoms with Crippen molar-refractivity contribution in [3.8, 4) is 0 Å². The fourth-order valence-corrected chi connectivity index (χ4v) is 4.42. The predicted molar refractivity (Wildman–Crippen MR) is 131 cm³/mol. The Morgan fingerprint density at radius 2 is 2.04 bits per heavy atom. The quantitative estimate of drug-likeness (QED) is 0.276. The predicted octanol–water partition coefficient (Wildman–Crippen LogP) is 3.96. The van der Waals surface area contributed by atoms with Crippen LogP contribution >= 0.6 is 35.7 Å². The van der Waals surface area contributed by atoms with Crippen LogP contribution in [-0.4, -0.2) is 55.8 Å². The normalized spacial score (nSPS) is 16.6. The van der Waals surface area contributed by atoms with Crippen molar-refractivity contribution in [3.05, 3.63) is 54.2 Å². The van der Waals surface area contributed by atoms with Gasteiger partial charge in [0.05, 0.1) is 0 Å². The van der Waals surface area contributed by atoms with Crippen molar-refractivity contribution in [2.24, 2.45) is 10.9 Å². The van der Waals surface area contributed by atoms with Crippen molar-refractivity contribution in [2.45, 2.75) is 17.9 Å². The molecule has 0 amide bonds. The number of thioether (sulfide) groups is 1. The van der Waals surface area contributed by atoms with Crippen LogP contribution in [-0.2, 0) is 6.54 Å². The first kappa shape index (κ1) is 22.8. The molecule has 1 aromatic carbocycles. The number of pyridine rings is 1. The second-order valence-electron chi connectivity index (χ2n) is 7.01. The maximum atomic E-state index is 4.50. The van der Waals surface area contributed by atoms with E-state index >= 15 is 0 Å². The molecular weight excluding hydrogens is 481 g/mol. The summed E-state index contributed by atoms with van der Waals surface area (Å²) in [4.78, 5) is 14.8. The first-order valence-corrected chi connectivity index (χ1v) is 10.4. The van der Waals surface area contributed by atoms with Crippen molar-refractivity contribution in [3.63, 3.8) is 0 Å². The summed E-state index contributed by atoms with van der Waals surface area (Å²) in [7, 11) is 5.91. The maximum absolute atomic E-state index is 4.50. The molecule has 2 heterocycles.